The van der Waals surface area contributed by atoms with Gasteiger partial charge in [-0.2, -0.15) is 5.10 Å². The van der Waals surface area contributed by atoms with E-state index in [0.29, 0.717) is 28.6 Å². The first-order chi connectivity index (χ1) is 13.1. The van der Waals surface area contributed by atoms with Crippen LogP contribution < -0.4 is 9.47 Å². The van der Waals surface area contributed by atoms with Crippen molar-refractivity contribution in [3.63, 3.8) is 0 Å². The van der Waals surface area contributed by atoms with Crippen molar-refractivity contribution < 1.29 is 18.7 Å². The Labute approximate surface area is 158 Å². The van der Waals surface area contributed by atoms with Gasteiger partial charge in [0.25, 0.3) is 0 Å². The number of furan rings is 1. The Kier molecular flexibility index (Phi) is 5.76. The molecule has 0 aliphatic carbocycles. The van der Waals surface area contributed by atoms with Crippen molar-refractivity contribution in [2.24, 2.45) is 0 Å². The predicted octanol–water partition coefficient (Wildman–Crippen LogP) is 4.29. The third-order valence-corrected chi connectivity index (χ3v) is 4.06. The lowest BCUT2D eigenvalue weighted by molar-refractivity contribution is 0.104. The first kappa shape index (κ1) is 18.5. The second-order valence-electron chi connectivity index (χ2n) is 5.93. The number of para-hydroxylation sites is 2. The van der Waals surface area contributed by atoms with Crippen molar-refractivity contribution in [2.75, 3.05) is 7.11 Å². The number of nitrogens with zero attached hydrogens (tertiary/aromatic N) is 2. The molecule has 0 N–H and O–H groups in total. The summed E-state index contributed by atoms with van der Waals surface area (Å²) in [5.74, 6) is 2.45. The van der Waals surface area contributed by atoms with Gasteiger partial charge in [-0.3, -0.25) is 9.48 Å². The average molecular weight is 366 g/mol. The van der Waals surface area contributed by atoms with Crippen molar-refractivity contribution in [3.05, 3.63) is 71.4 Å². The third-order valence-electron chi connectivity index (χ3n) is 4.06. The van der Waals surface area contributed by atoms with Gasteiger partial charge >= 0.3 is 0 Å². The Bertz CT molecular complexity index is 953. The van der Waals surface area contributed by atoms with Crippen molar-refractivity contribution in [2.45, 2.75) is 27.0 Å². The van der Waals surface area contributed by atoms with Crippen LogP contribution in [-0.4, -0.2) is 22.7 Å². The summed E-state index contributed by atoms with van der Waals surface area (Å²) in [5.41, 5.74) is 1.32. The molecule has 2 aromatic heterocycles. The van der Waals surface area contributed by atoms with Gasteiger partial charge in [-0.15, -0.1) is 0 Å². The molecule has 2 heterocycles. The van der Waals surface area contributed by atoms with E-state index in [0.717, 1.165) is 12.2 Å². The molecular formula is C21H22N2O4. The second kappa shape index (κ2) is 8.40. The number of allylic oxidation sites excluding steroid dienone is 1. The minimum atomic E-state index is -0.101. The zero-order valence-corrected chi connectivity index (χ0v) is 15.6. The molecule has 0 bridgehead atoms. The highest BCUT2D eigenvalue weighted by Gasteiger charge is 2.11. The van der Waals surface area contributed by atoms with E-state index in [4.69, 9.17) is 13.9 Å². The first-order valence-electron chi connectivity index (χ1n) is 8.71. The van der Waals surface area contributed by atoms with Gasteiger partial charge in [0.1, 0.15) is 18.1 Å². The molecule has 3 rings (SSSR count). The van der Waals surface area contributed by atoms with Crippen molar-refractivity contribution in [1.82, 2.24) is 9.78 Å². The summed E-state index contributed by atoms with van der Waals surface area (Å²) in [7, 11) is 1.60. The first-order valence-corrected chi connectivity index (χ1v) is 8.71. The molecule has 0 saturated carbocycles. The summed E-state index contributed by atoms with van der Waals surface area (Å²) in [4.78, 5) is 12.3. The third kappa shape index (κ3) is 4.47. The molecular weight excluding hydrogens is 344 g/mol. The molecule has 0 saturated heterocycles. The van der Waals surface area contributed by atoms with Gasteiger partial charge in [0, 0.05) is 12.7 Å². The molecule has 0 fully saturated rings. The zero-order chi connectivity index (χ0) is 19.2. The predicted molar refractivity (Wildman–Crippen MR) is 102 cm³/mol. The standard InChI is InChI=1S/C21H22N2O4/c1-4-23-13-18(15(2)22-23)19(24)12-11-16-9-10-17(27-16)14-26-21-8-6-5-7-20(21)25-3/h5-13H,4,14H2,1-3H3/b12-11+. The molecule has 6 nitrogen and oxygen atoms in total. The topological polar surface area (TPSA) is 66.5 Å². The van der Waals surface area contributed by atoms with Crippen molar-refractivity contribution in [3.8, 4) is 11.5 Å². The van der Waals surface area contributed by atoms with Gasteiger partial charge in [-0.05, 0) is 50.3 Å². The monoisotopic (exact) mass is 366 g/mol. The number of rotatable bonds is 8. The van der Waals surface area contributed by atoms with Gasteiger partial charge in [-0.25, -0.2) is 0 Å². The highest BCUT2D eigenvalue weighted by molar-refractivity contribution is 6.07. The molecule has 140 valence electrons. The minimum Gasteiger partial charge on any atom is -0.493 e. The molecule has 1 aromatic carbocycles. The van der Waals surface area contributed by atoms with E-state index >= 15 is 0 Å². The largest absolute Gasteiger partial charge is 0.493 e. The van der Waals surface area contributed by atoms with E-state index in [2.05, 4.69) is 5.10 Å². The summed E-state index contributed by atoms with van der Waals surface area (Å²) >= 11 is 0. The molecule has 0 spiro atoms. The van der Waals surface area contributed by atoms with Crippen LogP contribution in [0.1, 0.15) is 34.5 Å². The van der Waals surface area contributed by atoms with Crippen molar-refractivity contribution >= 4 is 11.9 Å². The highest BCUT2D eigenvalue weighted by atomic mass is 16.5. The average Bonchev–Trinajstić information content (AvgIpc) is 3.30. The second-order valence-corrected chi connectivity index (χ2v) is 5.93. The molecule has 0 amide bonds. The summed E-state index contributed by atoms with van der Waals surface area (Å²) in [5, 5.41) is 4.29. The lowest BCUT2D eigenvalue weighted by Crippen LogP contribution is -1.96. The van der Waals surface area contributed by atoms with E-state index in [9.17, 15) is 4.79 Å². The van der Waals surface area contributed by atoms with E-state index in [1.807, 2.05) is 44.2 Å². The molecule has 6 heteroatoms. The van der Waals surface area contributed by atoms with E-state index < -0.39 is 0 Å². The van der Waals surface area contributed by atoms with Crippen LogP contribution in [0.4, 0.5) is 0 Å². The fourth-order valence-electron chi connectivity index (χ4n) is 2.62. The lowest BCUT2D eigenvalue weighted by Gasteiger charge is -2.08. The Balaban J connectivity index is 1.62. The fourth-order valence-corrected chi connectivity index (χ4v) is 2.62. The van der Waals surface area contributed by atoms with E-state index in [-0.39, 0.29) is 12.4 Å². The zero-order valence-electron chi connectivity index (χ0n) is 15.6. The number of hydrogen-bond donors (Lipinski definition) is 0. The molecule has 0 radical (unpaired) electrons. The SMILES string of the molecule is CCn1cc(C(=O)/C=C/c2ccc(COc3ccccc3OC)o2)c(C)n1. The molecule has 0 aliphatic heterocycles. The van der Waals surface area contributed by atoms with Gasteiger partial charge in [-0.1, -0.05) is 12.1 Å². The minimum absolute atomic E-state index is 0.101. The van der Waals surface area contributed by atoms with Gasteiger partial charge in [0.05, 0.1) is 18.4 Å². The molecule has 0 atom stereocenters. The highest BCUT2D eigenvalue weighted by Crippen LogP contribution is 2.26. The summed E-state index contributed by atoms with van der Waals surface area (Å²) in [6.07, 6.45) is 4.90. The molecule has 0 aliphatic rings. The van der Waals surface area contributed by atoms with Crippen LogP contribution in [0.5, 0.6) is 11.5 Å². The maximum atomic E-state index is 12.3. The summed E-state index contributed by atoms with van der Waals surface area (Å²) < 4.78 is 18.4. The van der Waals surface area contributed by atoms with Crippen LogP contribution in [-0.2, 0) is 13.2 Å². The Morgan fingerprint density at radius 2 is 2.00 bits per heavy atom. The lowest BCUT2D eigenvalue weighted by atomic mass is 10.1. The molecule has 3 aromatic rings. The maximum absolute atomic E-state index is 12.3. The number of methoxy groups -OCH3 is 1. The number of benzene rings is 1. The Hall–Kier alpha value is -3.28. The van der Waals surface area contributed by atoms with Crippen LogP contribution in [0.3, 0.4) is 0 Å². The van der Waals surface area contributed by atoms with E-state index in [1.54, 1.807) is 30.1 Å². The Morgan fingerprint density at radius 3 is 2.70 bits per heavy atom. The number of ether oxygens (including phenoxy) is 2. The molecule has 0 unspecified atom stereocenters. The Morgan fingerprint density at radius 1 is 1.22 bits per heavy atom. The number of carbonyl (C=O) groups is 1. The number of aromatic nitrogens is 2. The fraction of sp³-hybridized carbons (Fsp3) is 0.238. The van der Waals surface area contributed by atoms with Gasteiger partial charge in [0.15, 0.2) is 17.3 Å². The van der Waals surface area contributed by atoms with Crippen LogP contribution in [0.25, 0.3) is 6.08 Å². The maximum Gasteiger partial charge on any atom is 0.189 e. The van der Waals surface area contributed by atoms with Crippen LogP contribution in [0, 0.1) is 6.92 Å². The van der Waals surface area contributed by atoms with Crippen LogP contribution in [0.2, 0.25) is 0 Å². The van der Waals surface area contributed by atoms with Gasteiger partial charge < -0.3 is 13.9 Å². The number of carbonyl (C=O) groups excluding carboxylic acids is 1. The normalized spacial score (nSPS) is 11.1. The molecule has 27 heavy (non-hydrogen) atoms. The summed E-state index contributed by atoms with van der Waals surface area (Å²) in [6.45, 7) is 4.80. The smallest absolute Gasteiger partial charge is 0.189 e. The summed E-state index contributed by atoms with van der Waals surface area (Å²) in [6, 6.07) is 11.0. The number of aryl methyl sites for hydroxylation is 2. The number of hydrogen-bond acceptors (Lipinski definition) is 5. The van der Waals surface area contributed by atoms with Crippen molar-refractivity contribution in [1.29, 1.82) is 0 Å². The van der Waals surface area contributed by atoms with Gasteiger partial charge in [0.2, 0.25) is 0 Å². The van der Waals surface area contributed by atoms with Crippen LogP contribution >= 0.6 is 0 Å². The quantitative estimate of drug-likeness (QED) is 0.439. The van der Waals surface area contributed by atoms with Crippen LogP contribution in [0.15, 0.2) is 53.1 Å². The number of ketones is 1. The van der Waals surface area contributed by atoms with E-state index in [1.165, 1.54) is 6.08 Å².